The Bertz CT molecular complexity index is 2310. The second kappa shape index (κ2) is 13.2. The van der Waals surface area contributed by atoms with Crippen LogP contribution in [0.1, 0.15) is 31.2 Å². The van der Waals surface area contributed by atoms with Crippen LogP contribution in [0.25, 0.3) is 0 Å². The Balaban J connectivity index is 1.14. The molecule has 4 aliphatic rings. The van der Waals surface area contributed by atoms with Crippen LogP contribution in [0.4, 0.5) is 32.8 Å². The van der Waals surface area contributed by atoms with Gasteiger partial charge >= 0.3 is 0 Å². The molecule has 13 heteroatoms. The van der Waals surface area contributed by atoms with Gasteiger partial charge in [0, 0.05) is 36.3 Å². The highest BCUT2D eigenvalue weighted by Gasteiger charge is 2.68. The van der Waals surface area contributed by atoms with Gasteiger partial charge in [-0.15, -0.1) is 0 Å². The van der Waals surface area contributed by atoms with Crippen molar-refractivity contribution in [1.82, 2.24) is 0 Å². The number of halogens is 3. The topological polar surface area (TPSA) is 123 Å². The highest BCUT2D eigenvalue weighted by molar-refractivity contribution is 6.32. The minimum atomic E-state index is -1.43. The van der Waals surface area contributed by atoms with E-state index in [0.717, 1.165) is 16.7 Å². The molecule has 2 aliphatic carbocycles. The number of aromatic hydroxyl groups is 1. The van der Waals surface area contributed by atoms with Crippen molar-refractivity contribution in [1.29, 1.82) is 0 Å². The number of allylic oxidation sites excluding steroid dienone is 2. The normalized spacial score (nSPS) is 26.3. The number of hydrogen-bond donors (Lipinski definition) is 1. The molecule has 3 fully saturated rings. The van der Waals surface area contributed by atoms with Gasteiger partial charge in [-0.05, 0) is 111 Å². The Kier molecular flexibility index (Phi) is 8.69. The van der Waals surface area contributed by atoms with Crippen molar-refractivity contribution in [2.24, 2.45) is 39.3 Å². The molecule has 6 atom stereocenters. The summed E-state index contributed by atoms with van der Waals surface area (Å²) in [5.41, 5.74) is 2.30. The number of benzene rings is 4. The van der Waals surface area contributed by atoms with E-state index in [1.54, 1.807) is 37.3 Å². The van der Waals surface area contributed by atoms with E-state index in [1.165, 1.54) is 29.2 Å². The number of nitrogens with zero attached hydrogens (tertiary/aromatic N) is 5. The Labute approximate surface area is 320 Å². The van der Waals surface area contributed by atoms with Gasteiger partial charge in [-0.3, -0.25) is 24.1 Å². The van der Waals surface area contributed by atoms with Crippen molar-refractivity contribution < 1.29 is 28.7 Å². The summed E-state index contributed by atoms with van der Waals surface area (Å²) in [6.07, 6.45) is 2.20. The van der Waals surface area contributed by atoms with Crippen molar-refractivity contribution >= 4 is 75.3 Å². The molecule has 54 heavy (non-hydrogen) atoms. The Morgan fingerprint density at radius 1 is 0.796 bits per heavy atom. The number of rotatable bonds is 6. The van der Waals surface area contributed by atoms with Gasteiger partial charge in [-0.2, -0.15) is 10.2 Å². The summed E-state index contributed by atoms with van der Waals surface area (Å²) in [6.45, 7) is 1.68. The van der Waals surface area contributed by atoms with E-state index >= 15 is 0 Å². The molecule has 10 nitrogen and oxygen atoms in total. The first kappa shape index (κ1) is 35.6. The van der Waals surface area contributed by atoms with Crippen molar-refractivity contribution in [3.05, 3.63) is 118 Å². The first-order chi connectivity index (χ1) is 25.8. The molecule has 0 bridgehead atoms. The fourth-order valence-corrected chi connectivity index (χ4v) is 9.20. The first-order valence-electron chi connectivity index (χ1n) is 17.5. The molecule has 2 saturated heterocycles. The molecule has 4 amide bonds. The second-order valence-corrected chi connectivity index (χ2v) is 15.4. The maximum atomic E-state index is 14.6. The maximum absolute atomic E-state index is 14.6. The van der Waals surface area contributed by atoms with E-state index < -0.39 is 58.5 Å². The number of phenols is 1. The molecule has 2 aliphatic heterocycles. The Morgan fingerprint density at radius 2 is 1.44 bits per heavy atom. The predicted octanol–water partition coefficient (Wildman–Crippen LogP) is 8.75. The number of amides is 4. The average Bonchev–Trinajstić information content (AvgIpc) is 3.52. The zero-order chi connectivity index (χ0) is 38.2. The minimum absolute atomic E-state index is 0.0963. The molecule has 0 spiro atoms. The number of carbonyl (C=O) groups excluding carboxylic acids is 4. The standard InChI is InChI=1S/C41H34Cl2FN5O5/c1-41-31(38(52)49(40(41)54)26-13-16-33(44)32(43)19-26)20-29-27(36(41)30-18-21(42)4-17-34(30)50)14-15-28-35(29)39(53)48(37(28)51)25-11-7-23(8-12-25)46-45-22-5-9-24(10-6-22)47(2)3/h4-14,16-19,28-29,31,35-36,50H,15,20H2,1-3H3/t28-,29+,31-,35-,36+,41+/m0/s1. The lowest BCUT2D eigenvalue weighted by molar-refractivity contribution is -0.131. The van der Waals surface area contributed by atoms with Gasteiger partial charge in [0.25, 0.3) is 0 Å². The van der Waals surface area contributed by atoms with Gasteiger partial charge in [0.05, 0.1) is 50.9 Å². The number of hydrogen-bond acceptors (Lipinski definition) is 8. The van der Waals surface area contributed by atoms with E-state index in [4.69, 9.17) is 23.2 Å². The van der Waals surface area contributed by atoms with Crippen LogP contribution in [-0.2, 0) is 19.2 Å². The molecule has 0 aromatic heterocycles. The summed E-state index contributed by atoms with van der Waals surface area (Å²) >= 11 is 12.5. The molecule has 1 saturated carbocycles. The fourth-order valence-electron chi connectivity index (χ4n) is 8.84. The third-order valence-corrected chi connectivity index (χ3v) is 12.0. The van der Waals surface area contributed by atoms with Crippen LogP contribution >= 0.6 is 23.2 Å². The van der Waals surface area contributed by atoms with Gasteiger partial charge in [0.2, 0.25) is 23.6 Å². The second-order valence-electron chi connectivity index (χ2n) is 14.6. The van der Waals surface area contributed by atoms with Crippen molar-refractivity contribution in [3.8, 4) is 5.75 Å². The average molecular weight is 767 g/mol. The maximum Gasteiger partial charge on any atom is 0.241 e. The smallest absolute Gasteiger partial charge is 0.241 e. The lowest BCUT2D eigenvalue weighted by atomic mass is 9.51. The lowest BCUT2D eigenvalue weighted by Gasteiger charge is -2.49. The van der Waals surface area contributed by atoms with E-state index in [-0.39, 0.29) is 35.2 Å². The summed E-state index contributed by atoms with van der Waals surface area (Å²) in [6, 6.07) is 22.4. The van der Waals surface area contributed by atoms with Crippen LogP contribution in [0, 0.1) is 34.9 Å². The van der Waals surface area contributed by atoms with Crippen LogP contribution in [0.3, 0.4) is 0 Å². The summed E-state index contributed by atoms with van der Waals surface area (Å²) < 4.78 is 14.2. The number of azo groups is 1. The number of anilines is 3. The largest absolute Gasteiger partial charge is 0.508 e. The summed E-state index contributed by atoms with van der Waals surface area (Å²) in [5.74, 6) is -6.67. The zero-order valence-corrected chi connectivity index (χ0v) is 30.9. The highest BCUT2D eigenvalue weighted by Crippen LogP contribution is 2.64. The third-order valence-electron chi connectivity index (χ3n) is 11.5. The summed E-state index contributed by atoms with van der Waals surface area (Å²) in [5, 5.41) is 19.9. The van der Waals surface area contributed by atoms with Crippen LogP contribution in [-0.4, -0.2) is 42.8 Å². The monoisotopic (exact) mass is 765 g/mol. The quantitative estimate of drug-likeness (QED) is 0.119. The molecule has 1 N–H and O–H groups in total. The van der Waals surface area contributed by atoms with Gasteiger partial charge in [0.1, 0.15) is 11.6 Å². The molecule has 4 aromatic carbocycles. The summed E-state index contributed by atoms with van der Waals surface area (Å²) in [7, 11) is 3.90. The van der Waals surface area contributed by atoms with Crippen molar-refractivity contribution in [3.63, 3.8) is 0 Å². The molecular weight excluding hydrogens is 732 g/mol. The Morgan fingerprint density at radius 3 is 2.09 bits per heavy atom. The van der Waals surface area contributed by atoms with Gasteiger partial charge in [-0.1, -0.05) is 34.9 Å². The van der Waals surface area contributed by atoms with E-state index in [2.05, 4.69) is 10.2 Å². The first-order valence-corrected chi connectivity index (χ1v) is 18.2. The molecule has 2 heterocycles. The minimum Gasteiger partial charge on any atom is -0.508 e. The van der Waals surface area contributed by atoms with Crippen LogP contribution in [0.2, 0.25) is 10.0 Å². The highest BCUT2D eigenvalue weighted by atomic mass is 35.5. The molecule has 8 rings (SSSR count). The fraction of sp³-hybridized carbons (Fsp3) is 0.268. The van der Waals surface area contributed by atoms with E-state index in [0.29, 0.717) is 33.2 Å². The number of fused-ring (bicyclic) bond motifs is 4. The number of carbonyl (C=O) groups is 4. The summed E-state index contributed by atoms with van der Waals surface area (Å²) in [4.78, 5) is 61.7. The number of imide groups is 2. The van der Waals surface area contributed by atoms with Crippen LogP contribution in [0.5, 0.6) is 5.75 Å². The predicted molar refractivity (Wildman–Crippen MR) is 203 cm³/mol. The lowest BCUT2D eigenvalue weighted by Crippen LogP contribution is -2.48. The van der Waals surface area contributed by atoms with E-state index in [1.807, 2.05) is 49.3 Å². The third kappa shape index (κ3) is 5.51. The molecular formula is C41H34Cl2FN5O5. The van der Waals surface area contributed by atoms with Crippen molar-refractivity contribution in [2.75, 3.05) is 28.8 Å². The SMILES string of the molecule is CN(C)c1ccc(N=Nc2ccc(N3C(=O)[C@H]4[C@H](CC=C5[C@H]4C[C@H]4C(=O)N(c6ccc(F)c(Cl)c6)C(=O)[C@@]4(C)[C@H]5c4cc(Cl)ccc4O)C3=O)cc2)cc1. The van der Waals surface area contributed by atoms with Gasteiger partial charge in [-0.25, -0.2) is 9.29 Å². The van der Waals surface area contributed by atoms with Crippen LogP contribution < -0.4 is 14.7 Å². The molecule has 0 unspecified atom stereocenters. The molecule has 274 valence electrons. The zero-order valence-electron chi connectivity index (χ0n) is 29.4. The van der Waals surface area contributed by atoms with Crippen molar-refractivity contribution in [2.45, 2.75) is 25.7 Å². The van der Waals surface area contributed by atoms with Crippen LogP contribution in [0.15, 0.2) is 107 Å². The van der Waals surface area contributed by atoms with Gasteiger partial charge in [0.15, 0.2) is 0 Å². The number of phenolic OH excluding ortho intramolecular Hbond substituents is 1. The molecule has 4 aromatic rings. The van der Waals surface area contributed by atoms with Gasteiger partial charge < -0.3 is 10.0 Å². The molecule has 0 radical (unpaired) electrons. The van der Waals surface area contributed by atoms with E-state index in [9.17, 15) is 28.7 Å². The Hall–Kier alpha value is -5.39.